The Hall–Kier alpha value is -1.09. The van der Waals surface area contributed by atoms with Gasteiger partial charge in [0.15, 0.2) is 0 Å². The molecule has 1 aromatic heterocycles. The van der Waals surface area contributed by atoms with Crippen LogP contribution in [0.5, 0.6) is 0 Å². The predicted molar refractivity (Wildman–Crippen MR) is 63.2 cm³/mol. The summed E-state index contributed by atoms with van der Waals surface area (Å²) in [7, 11) is 0. The van der Waals surface area contributed by atoms with E-state index >= 15 is 0 Å². The minimum Gasteiger partial charge on any atom is -0.356 e. The molecule has 0 atom stereocenters. The molecule has 82 valence electrons. The van der Waals surface area contributed by atoms with Crippen molar-refractivity contribution in [3.8, 4) is 0 Å². The Morgan fingerprint density at radius 1 is 1.40 bits per heavy atom. The van der Waals surface area contributed by atoms with E-state index in [1.807, 2.05) is 6.20 Å². The van der Waals surface area contributed by atoms with Gasteiger partial charge in [0.25, 0.3) is 0 Å². The first-order chi connectivity index (χ1) is 7.31. The number of anilines is 1. The van der Waals surface area contributed by atoms with Crippen LogP contribution in [0.3, 0.4) is 0 Å². The molecule has 0 aromatic carbocycles. The van der Waals surface area contributed by atoms with Gasteiger partial charge >= 0.3 is 0 Å². The van der Waals surface area contributed by atoms with Crippen molar-refractivity contribution in [2.75, 3.05) is 24.5 Å². The Morgan fingerprint density at radius 3 is 2.73 bits per heavy atom. The van der Waals surface area contributed by atoms with Gasteiger partial charge in [-0.25, -0.2) is 4.98 Å². The van der Waals surface area contributed by atoms with Crippen LogP contribution in [-0.4, -0.2) is 24.6 Å². The van der Waals surface area contributed by atoms with Crippen LogP contribution in [0.25, 0.3) is 0 Å². The van der Waals surface area contributed by atoms with Crippen molar-refractivity contribution < 1.29 is 0 Å². The Balaban J connectivity index is 2.18. The van der Waals surface area contributed by atoms with Crippen LogP contribution in [-0.2, 0) is 6.42 Å². The second kappa shape index (κ2) is 4.62. The molecule has 0 saturated carbocycles. The molecule has 1 fully saturated rings. The van der Waals surface area contributed by atoms with E-state index < -0.39 is 0 Å². The van der Waals surface area contributed by atoms with Crippen LogP contribution < -0.4 is 10.6 Å². The van der Waals surface area contributed by atoms with Gasteiger partial charge < -0.3 is 10.6 Å². The molecule has 15 heavy (non-hydrogen) atoms. The van der Waals surface area contributed by atoms with E-state index in [9.17, 15) is 0 Å². The van der Waals surface area contributed by atoms with Gasteiger partial charge in [-0.15, -0.1) is 0 Å². The summed E-state index contributed by atoms with van der Waals surface area (Å²) in [6.07, 6.45) is 5.49. The number of pyridine rings is 1. The molecule has 3 nitrogen and oxygen atoms in total. The van der Waals surface area contributed by atoms with Crippen LogP contribution in [0.2, 0.25) is 0 Å². The van der Waals surface area contributed by atoms with Crippen molar-refractivity contribution in [2.24, 2.45) is 5.73 Å². The smallest absolute Gasteiger partial charge is 0.131 e. The summed E-state index contributed by atoms with van der Waals surface area (Å²) in [4.78, 5) is 6.93. The van der Waals surface area contributed by atoms with Crippen LogP contribution in [0.1, 0.15) is 24.0 Å². The van der Waals surface area contributed by atoms with Gasteiger partial charge in [0, 0.05) is 19.3 Å². The van der Waals surface area contributed by atoms with Crippen LogP contribution in [0.4, 0.5) is 5.82 Å². The van der Waals surface area contributed by atoms with Crippen molar-refractivity contribution in [3.05, 3.63) is 23.4 Å². The van der Waals surface area contributed by atoms with E-state index in [2.05, 4.69) is 22.9 Å². The summed E-state index contributed by atoms with van der Waals surface area (Å²) in [6.45, 7) is 5.15. The Labute approximate surface area is 91.3 Å². The molecule has 3 heteroatoms. The molecular weight excluding hydrogens is 186 g/mol. The van der Waals surface area contributed by atoms with Crippen LogP contribution in [0.15, 0.2) is 12.3 Å². The maximum Gasteiger partial charge on any atom is 0.131 e. The van der Waals surface area contributed by atoms with Crippen molar-refractivity contribution in [2.45, 2.75) is 26.2 Å². The first-order valence-corrected chi connectivity index (χ1v) is 5.72. The molecule has 0 radical (unpaired) electrons. The zero-order chi connectivity index (χ0) is 10.7. The molecule has 2 N–H and O–H groups in total. The monoisotopic (exact) mass is 205 g/mol. The van der Waals surface area contributed by atoms with Gasteiger partial charge in [-0.1, -0.05) is 6.07 Å². The lowest BCUT2D eigenvalue weighted by Crippen LogP contribution is -2.20. The fraction of sp³-hybridized carbons (Fsp3) is 0.583. The highest BCUT2D eigenvalue weighted by Crippen LogP contribution is 2.22. The van der Waals surface area contributed by atoms with E-state index in [1.165, 1.54) is 24.0 Å². The summed E-state index contributed by atoms with van der Waals surface area (Å²) in [6, 6.07) is 2.22. The number of rotatable bonds is 3. The molecule has 1 aromatic rings. The Bertz CT molecular complexity index is 330. The average Bonchev–Trinajstić information content (AvgIpc) is 2.71. The molecule has 0 bridgehead atoms. The largest absolute Gasteiger partial charge is 0.356 e. The highest BCUT2D eigenvalue weighted by atomic mass is 15.2. The number of hydrogen-bond donors (Lipinski definition) is 1. The quantitative estimate of drug-likeness (QED) is 0.813. The molecule has 2 heterocycles. The van der Waals surface area contributed by atoms with Gasteiger partial charge in [-0.05, 0) is 43.9 Å². The fourth-order valence-electron chi connectivity index (χ4n) is 2.19. The van der Waals surface area contributed by atoms with Crippen LogP contribution >= 0.6 is 0 Å². The molecule has 0 amide bonds. The number of nitrogens with two attached hydrogens (primary N) is 1. The third kappa shape index (κ3) is 2.29. The van der Waals surface area contributed by atoms with E-state index in [4.69, 9.17) is 5.73 Å². The second-order valence-corrected chi connectivity index (χ2v) is 4.22. The van der Waals surface area contributed by atoms with E-state index in [0.717, 1.165) is 25.3 Å². The molecule has 2 rings (SSSR count). The number of aromatic nitrogens is 1. The molecule has 0 aliphatic carbocycles. The van der Waals surface area contributed by atoms with Gasteiger partial charge in [-0.3, -0.25) is 0 Å². The van der Waals surface area contributed by atoms with Gasteiger partial charge in [0.05, 0.1) is 0 Å². The minimum absolute atomic E-state index is 0.699. The summed E-state index contributed by atoms with van der Waals surface area (Å²) in [5, 5.41) is 0. The Kier molecular flexibility index (Phi) is 3.21. The molecular formula is C12H19N3. The van der Waals surface area contributed by atoms with E-state index in [-0.39, 0.29) is 0 Å². The third-order valence-corrected chi connectivity index (χ3v) is 2.95. The third-order valence-electron chi connectivity index (χ3n) is 2.95. The minimum atomic E-state index is 0.699. The molecule has 1 aliphatic rings. The zero-order valence-corrected chi connectivity index (χ0v) is 9.37. The normalized spacial score (nSPS) is 16.0. The van der Waals surface area contributed by atoms with Crippen molar-refractivity contribution in [3.63, 3.8) is 0 Å². The summed E-state index contributed by atoms with van der Waals surface area (Å²) in [5.74, 6) is 1.16. The van der Waals surface area contributed by atoms with Crippen molar-refractivity contribution >= 4 is 5.82 Å². The highest BCUT2D eigenvalue weighted by Gasteiger charge is 2.15. The SMILES string of the molecule is Cc1cc(CCN)cnc1N1CCCC1. The first-order valence-electron chi connectivity index (χ1n) is 5.72. The second-order valence-electron chi connectivity index (χ2n) is 4.22. The molecule has 1 aliphatic heterocycles. The lowest BCUT2D eigenvalue weighted by molar-refractivity contribution is 0.909. The summed E-state index contributed by atoms with van der Waals surface area (Å²) >= 11 is 0. The maximum atomic E-state index is 5.53. The zero-order valence-electron chi connectivity index (χ0n) is 9.37. The van der Waals surface area contributed by atoms with Gasteiger partial charge in [-0.2, -0.15) is 0 Å². The topological polar surface area (TPSA) is 42.1 Å². The van der Waals surface area contributed by atoms with Gasteiger partial charge in [0.1, 0.15) is 5.82 Å². The number of hydrogen-bond acceptors (Lipinski definition) is 3. The van der Waals surface area contributed by atoms with Gasteiger partial charge in [0.2, 0.25) is 0 Å². The average molecular weight is 205 g/mol. The lowest BCUT2D eigenvalue weighted by Gasteiger charge is -2.19. The number of nitrogens with zero attached hydrogens (tertiary/aromatic N) is 2. The summed E-state index contributed by atoms with van der Waals surface area (Å²) < 4.78 is 0. The standard InChI is InChI=1S/C12H19N3/c1-10-8-11(4-5-13)9-14-12(10)15-6-2-3-7-15/h8-9H,2-7,13H2,1H3. The van der Waals surface area contributed by atoms with Crippen LogP contribution in [0, 0.1) is 6.92 Å². The lowest BCUT2D eigenvalue weighted by atomic mass is 10.1. The molecule has 1 saturated heterocycles. The number of aryl methyl sites for hydroxylation is 1. The van der Waals surface area contributed by atoms with E-state index in [0.29, 0.717) is 6.54 Å². The highest BCUT2D eigenvalue weighted by molar-refractivity contribution is 5.48. The van der Waals surface area contributed by atoms with Crippen molar-refractivity contribution in [1.29, 1.82) is 0 Å². The molecule has 0 unspecified atom stereocenters. The molecule has 0 spiro atoms. The van der Waals surface area contributed by atoms with Crippen molar-refractivity contribution in [1.82, 2.24) is 4.98 Å². The maximum absolute atomic E-state index is 5.53. The fourth-order valence-corrected chi connectivity index (χ4v) is 2.19. The van der Waals surface area contributed by atoms with E-state index in [1.54, 1.807) is 0 Å². The first kappa shape index (κ1) is 10.4. The Morgan fingerprint density at radius 2 is 2.13 bits per heavy atom. The predicted octanol–water partition coefficient (Wildman–Crippen LogP) is 1.49. The summed E-state index contributed by atoms with van der Waals surface area (Å²) in [5.41, 5.74) is 8.06.